The minimum atomic E-state index is -1.04. The Morgan fingerprint density at radius 3 is 2.25 bits per heavy atom. The molecule has 0 aromatic rings. The summed E-state index contributed by atoms with van der Waals surface area (Å²) in [5.41, 5.74) is -2.36. The van der Waals surface area contributed by atoms with Crippen molar-refractivity contribution in [2.45, 2.75) is 109 Å². The number of aliphatic hydroxyl groups excluding tert-OH is 1. The molecule has 3 aliphatic rings. The molecule has 0 aromatic heterocycles. The van der Waals surface area contributed by atoms with Gasteiger partial charge in [-0.3, -0.25) is 14.4 Å². The summed E-state index contributed by atoms with van der Waals surface area (Å²) in [5.74, 6) is -1.76. The molecule has 226 valence electrons. The van der Waals surface area contributed by atoms with E-state index in [1.807, 2.05) is 11.8 Å². The highest BCUT2D eigenvalue weighted by molar-refractivity contribution is 5.99. The molecule has 3 aliphatic heterocycles. The molecule has 5 atom stereocenters. The Morgan fingerprint density at radius 2 is 1.68 bits per heavy atom. The Balaban J connectivity index is 2.06. The summed E-state index contributed by atoms with van der Waals surface area (Å²) < 4.78 is 6.81. The van der Waals surface area contributed by atoms with Crippen molar-refractivity contribution < 1.29 is 24.2 Å². The van der Waals surface area contributed by atoms with Gasteiger partial charge in [-0.15, -0.1) is 13.2 Å². The molecule has 1 spiro atoms. The molecule has 3 heterocycles. The molecule has 8 nitrogen and oxygen atoms in total. The molecule has 40 heavy (non-hydrogen) atoms. The first-order chi connectivity index (χ1) is 18.6. The largest absolute Gasteiger partial charge is 0.396 e. The van der Waals surface area contributed by atoms with Gasteiger partial charge in [-0.05, 0) is 58.3 Å². The maximum atomic E-state index is 14.8. The lowest BCUT2D eigenvalue weighted by Crippen LogP contribution is -2.61. The summed E-state index contributed by atoms with van der Waals surface area (Å²) in [5, 5.41) is 9.19. The van der Waals surface area contributed by atoms with Crippen LogP contribution in [0.15, 0.2) is 25.3 Å². The van der Waals surface area contributed by atoms with Crippen LogP contribution < -0.4 is 0 Å². The lowest BCUT2D eigenvalue weighted by Gasteiger charge is -2.45. The number of hydrogen-bond donors (Lipinski definition) is 1. The lowest BCUT2D eigenvalue weighted by atomic mass is 9.66. The highest BCUT2D eigenvalue weighted by atomic mass is 16.5. The summed E-state index contributed by atoms with van der Waals surface area (Å²) in [6.07, 6.45) is 8.51. The fraction of sp³-hybridized carbons (Fsp3) is 0.781. The first-order valence-corrected chi connectivity index (χ1v) is 15.0. The van der Waals surface area contributed by atoms with E-state index in [0.717, 1.165) is 25.7 Å². The Labute approximate surface area is 241 Å². The molecule has 2 bridgehead atoms. The Morgan fingerprint density at radius 1 is 1.05 bits per heavy atom. The first kappa shape index (κ1) is 32.3. The SMILES string of the molecule is C=CCN(C)C(=O)[C@@H]1[C@H]2C(=O)N(CCCCCCO)C(C(=O)N(CC=C)C(C)(C)CC(C)(C)C)C23CC[C@@]1(C)O3. The van der Waals surface area contributed by atoms with Crippen LogP contribution in [0.2, 0.25) is 0 Å². The number of nitrogens with zero attached hydrogens (tertiary/aromatic N) is 3. The zero-order valence-electron chi connectivity index (χ0n) is 26.0. The maximum absolute atomic E-state index is 14.8. The van der Waals surface area contributed by atoms with Crippen molar-refractivity contribution in [1.29, 1.82) is 0 Å². The van der Waals surface area contributed by atoms with Gasteiger partial charge in [0.1, 0.15) is 11.6 Å². The quantitative estimate of drug-likeness (QED) is 0.255. The predicted octanol–water partition coefficient (Wildman–Crippen LogP) is 4.18. The van der Waals surface area contributed by atoms with Crippen LogP contribution in [0.5, 0.6) is 0 Å². The molecule has 3 saturated heterocycles. The van der Waals surface area contributed by atoms with Gasteiger partial charge in [-0.1, -0.05) is 45.8 Å². The number of carbonyl (C=O) groups is 3. The van der Waals surface area contributed by atoms with Crippen molar-refractivity contribution in [3.8, 4) is 0 Å². The first-order valence-electron chi connectivity index (χ1n) is 15.0. The van der Waals surface area contributed by atoms with E-state index in [2.05, 4.69) is 47.8 Å². The van der Waals surface area contributed by atoms with Crippen molar-refractivity contribution in [1.82, 2.24) is 14.7 Å². The van der Waals surface area contributed by atoms with E-state index < -0.39 is 34.6 Å². The van der Waals surface area contributed by atoms with E-state index in [1.54, 1.807) is 29.0 Å². The third kappa shape index (κ3) is 5.89. The smallest absolute Gasteiger partial charge is 0.249 e. The number of ether oxygens (including phenoxy) is 1. The molecule has 0 aromatic carbocycles. The van der Waals surface area contributed by atoms with Crippen LogP contribution >= 0.6 is 0 Å². The normalized spacial score (nSPS) is 29.4. The molecule has 2 unspecified atom stereocenters. The van der Waals surface area contributed by atoms with E-state index in [1.165, 1.54) is 0 Å². The van der Waals surface area contributed by atoms with Gasteiger partial charge in [0.05, 0.1) is 17.4 Å². The van der Waals surface area contributed by atoms with Gasteiger partial charge >= 0.3 is 0 Å². The van der Waals surface area contributed by atoms with Crippen LogP contribution in [0, 0.1) is 17.3 Å². The van der Waals surface area contributed by atoms with Gasteiger partial charge in [0.25, 0.3) is 0 Å². The van der Waals surface area contributed by atoms with E-state index in [0.29, 0.717) is 38.9 Å². The molecule has 8 heteroatoms. The van der Waals surface area contributed by atoms with E-state index in [-0.39, 0.29) is 29.7 Å². The number of hydrogen-bond acceptors (Lipinski definition) is 5. The number of unbranched alkanes of at least 4 members (excludes halogenated alkanes) is 3. The zero-order chi connectivity index (χ0) is 30.1. The number of carbonyl (C=O) groups excluding carboxylic acids is 3. The van der Waals surface area contributed by atoms with Crippen molar-refractivity contribution >= 4 is 17.7 Å². The predicted molar refractivity (Wildman–Crippen MR) is 157 cm³/mol. The number of likely N-dealkylation sites (tertiary alicyclic amines) is 1. The molecular weight excluding hydrogens is 506 g/mol. The number of likely N-dealkylation sites (N-methyl/N-ethyl adjacent to an activating group) is 1. The topological polar surface area (TPSA) is 90.4 Å². The van der Waals surface area contributed by atoms with E-state index >= 15 is 0 Å². The summed E-state index contributed by atoms with van der Waals surface area (Å²) in [7, 11) is 1.73. The molecule has 0 aliphatic carbocycles. The van der Waals surface area contributed by atoms with Gasteiger partial charge in [0, 0.05) is 38.8 Å². The summed E-state index contributed by atoms with van der Waals surface area (Å²) in [4.78, 5) is 48.1. The molecular formula is C32H53N3O5. The maximum Gasteiger partial charge on any atom is 0.249 e. The second kappa shape index (κ2) is 12.0. The highest BCUT2D eigenvalue weighted by Crippen LogP contribution is 2.63. The van der Waals surface area contributed by atoms with Gasteiger partial charge in [0.15, 0.2) is 0 Å². The van der Waals surface area contributed by atoms with Gasteiger partial charge in [-0.25, -0.2) is 0 Å². The summed E-state index contributed by atoms with van der Waals surface area (Å²) in [6.45, 7) is 21.6. The molecule has 0 saturated carbocycles. The number of amides is 3. The van der Waals surface area contributed by atoms with Crippen LogP contribution in [0.25, 0.3) is 0 Å². The van der Waals surface area contributed by atoms with Gasteiger partial charge < -0.3 is 24.5 Å². The molecule has 3 amide bonds. The monoisotopic (exact) mass is 559 g/mol. The molecule has 3 fully saturated rings. The number of aliphatic hydroxyl groups is 1. The third-order valence-electron chi connectivity index (χ3n) is 9.13. The standard InChI is InChI=1S/C32H53N3O5/c1-10-18-33(9)26(37)23-24-27(38)34(20-14-12-13-15-21-36)25(32(24)17-16-31(23,8)40-32)28(39)35(19-11-2)30(6,7)22-29(3,4)5/h10-11,23-25,36H,1-2,12-22H2,3-9H3/t23-,24-,25?,31+,32?/m0/s1. The van der Waals surface area contributed by atoms with Crippen LogP contribution in [0.3, 0.4) is 0 Å². The van der Waals surface area contributed by atoms with Crippen LogP contribution in [0.4, 0.5) is 0 Å². The number of rotatable bonds is 14. The van der Waals surface area contributed by atoms with Crippen molar-refractivity contribution in [2.75, 3.05) is 33.3 Å². The average molecular weight is 560 g/mol. The summed E-state index contributed by atoms with van der Waals surface area (Å²) in [6, 6.07) is -0.800. The lowest BCUT2D eigenvalue weighted by molar-refractivity contribution is -0.156. The van der Waals surface area contributed by atoms with Crippen LogP contribution in [-0.2, 0) is 19.1 Å². The Kier molecular flexibility index (Phi) is 9.67. The highest BCUT2D eigenvalue weighted by Gasteiger charge is 2.78. The van der Waals surface area contributed by atoms with E-state index in [4.69, 9.17) is 4.74 Å². The summed E-state index contributed by atoms with van der Waals surface area (Å²) >= 11 is 0. The van der Waals surface area contributed by atoms with Crippen LogP contribution in [0.1, 0.15) is 86.5 Å². The van der Waals surface area contributed by atoms with Crippen LogP contribution in [-0.4, -0.2) is 93.6 Å². The molecule has 1 N–H and O–H groups in total. The van der Waals surface area contributed by atoms with Gasteiger partial charge in [0.2, 0.25) is 17.7 Å². The zero-order valence-corrected chi connectivity index (χ0v) is 26.0. The fourth-order valence-electron chi connectivity index (χ4n) is 7.90. The minimum absolute atomic E-state index is 0.0229. The second-order valence-corrected chi connectivity index (χ2v) is 14.2. The van der Waals surface area contributed by atoms with E-state index in [9.17, 15) is 19.5 Å². The average Bonchev–Trinajstić information content (AvgIpc) is 3.41. The minimum Gasteiger partial charge on any atom is -0.396 e. The molecule has 3 rings (SSSR count). The van der Waals surface area contributed by atoms with Crippen molar-refractivity contribution in [3.05, 3.63) is 25.3 Å². The Bertz CT molecular complexity index is 988. The second-order valence-electron chi connectivity index (χ2n) is 14.2. The fourth-order valence-corrected chi connectivity index (χ4v) is 7.90. The number of fused-ring (bicyclic) bond motifs is 1. The van der Waals surface area contributed by atoms with Crippen molar-refractivity contribution in [3.63, 3.8) is 0 Å². The molecule has 0 radical (unpaired) electrons. The third-order valence-corrected chi connectivity index (χ3v) is 9.13. The van der Waals surface area contributed by atoms with Crippen molar-refractivity contribution in [2.24, 2.45) is 17.3 Å². The van der Waals surface area contributed by atoms with Gasteiger partial charge in [-0.2, -0.15) is 0 Å². The Hall–Kier alpha value is -2.19.